The van der Waals surface area contributed by atoms with Gasteiger partial charge in [-0.3, -0.25) is 14.2 Å². The standard InChI is InChI=1S/C33H26N6O3/c1-21(36-32(40)29-22(2)37-38-18-8-17-34-31(29)38)27-19-25-10-7-9-24(15-13-23-14-16-28(42-3)35-20-23)30(25)33(41)39(27)26-11-5-4-6-12-26/h4-12,14,16-21H,1-3H3,(H,36,40)/t21-/m0/s1. The van der Waals surface area contributed by atoms with E-state index >= 15 is 0 Å². The van der Waals surface area contributed by atoms with Gasteiger partial charge in [-0.15, -0.1) is 0 Å². The Morgan fingerprint density at radius 2 is 1.83 bits per heavy atom. The number of methoxy groups -OCH3 is 1. The summed E-state index contributed by atoms with van der Waals surface area (Å²) in [5, 5.41) is 8.68. The number of rotatable bonds is 5. The lowest BCUT2D eigenvalue weighted by Crippen LogP contribution is -2.32. The lowest BCUT2D eigenvalue weighted by Gasteiger charge is -2.21. The van der Waals surface area contributed by atoms with Gasteiger partial charge in [-0.05, 0) is 55.6 Å². The number of pyridine rings is 2. The van der Waals surface area contributed by atoms with Crippen molar-refractivity contribution in [3.63, 3.8) is 0 Å². The smallest absolute Gasteiger partial charge is 0.264 e. The molecule has 42 heavy (non-hydrogen) atoms. The Morgan fingerprint density at radius 3 is 2.60 bits per heavy atom. The molecule has 6 aromatic rings. The molecule has 1 N–H and O–H groups in total. The normalized spacial score (nSPS) is 11.6. The Balaban J connectivity index is 1.46. The number of ether oxygens (including phenoxy) is 1. The third-order valence-corrected chi connectivity index (χ3v) is 6.97. The van der Waals surface area contributed by atoms with Gasteiger partial charge < -0.3 is 10.1 Å². The third kappa shape index (κ3) is 4.86. The number of para-hydroxylation sites is 1. The number of hydrogen-bond donors (Lipinski definition) is 1. The van der Waals surface area contributed by atoms with Crippen molar-refractivity contribution in [1.82, 2.24) is 29.5 Å². The maximum Gasteiger partial charge on any atom is 0.264 e. The summed E-state index contributed by atoms with van der Waals surface area (Å²) in [6.07, 6.45) is 5.00. The second-order valence-corrected chi connectivity index (χ2v) is 9.70. The van der Waals surface area contributed by atoms with E-state index in [1.54, 1.807) is 53.8 Å². The minimum atomic E-state index is -0.534. The molecule has 9 heteroatoms. The average molecular weight is 555 g/mol. The van der Waals surface area contributed by atoms with Crippen molar-refractivity contribution in [2.75, 3.05) is 7.11 Å². The van der Waals surface area contributed by atoms with Gasteiger partial charge in [0.25, 0.3) is 11.5 Å². The quantitative estimate of drug-likeness (QED) is 0.312. The Hall–Kier alpha value is -5.75. The molecule has 9 nitrogen and oxygen atoms in total. The van der Waals surface area contributed by atoms with Crippen molar-refractivity contribution in [3.05, 3.63) is 130 Å². The topological polar surface area (TPSA) is 103 Å². The van der Waals surface area contributed by atoms with Gasteiger partial charge in [0.15, 0.2) is 5.65 Å². The number of nitrogens with one attached hydrogen (secondary N) is 1. The van der Waals surface area contributed by atoms with Gasteiger partial charge in [-0.25, -0.2) is 14.5 Å². The summed E-state index contributed by atoms with van der Waals surface area (Å²) in [7, 11) is 1.56. The van der Waals surface area contributed by atoms with Gasteiger partial charge in [-0.2, -0.15) is 5.10 Å². The predicted molar refractivity (Wildman–Crippen MR) is 160 cm³/mol. The number of amides is 1. The number of nitrogens with zero attached hydrogens (tertiary/aromatic N) is 5. The first-order chi connectivity index (χ1) is 20.4. The largest absolute Gasteiger partial charge is 0.481 e. The van der Waals surface area contributed by atoms with Gasteiger partial charge in [0.2, 0.25) is 5.88 Å². The maximum absolute atomic E-state index is 14.2. The van der Waals surface area contributed by atoms with Crippen LogP contribution in [0.25, 0.3) is 22.1 Å². The Kier molecular flexibility index (Phi) is 6.95. The summed E-state index contributed by atoms with van der Waals surface area (Å²) in [6, 6.07) is 21.6. The van der Waals surface area contributed by atoms with Gasteiger partial charge in [0.05, 0.1) is 24.2 Å². The SMILES string of the molecule is COc1ccc(C#Cc2cccc3cc([C@H](C)NC(=O)c4c(C)nn5cccnc45)n(-c4ccccc4)c(=O)c23)cn1. The molecule has 0 saturated heterocycles. The molecular weight excluding hydrogens is 528 g/mol. The van der Waals surface area contributed by atoms with Crippen molar-refractivity contribution in [1.29, 1.82) is 0 Å². The van der Waals surface area contributed by atoms with Crippen LogP contribution in [0.1, 0.15) is 45.8 Å². The van der Waals surface area contributed by atoms with E-state index in [2.05, 4.69) is 32.2 Å². The zero-order valence-electron chi connectivity index (χ0n) is 23.2. The van der Waals surface area contributed by atoms with Crippen LogP contribution in [0.15, 0.2) is 96.2 Å². The summed E-state index contributed by atoms with van der Waals surface area (Å²) in [4.78, 5) is 36.3. The minimum absolute atomic E-state index is 0.235. The fourth-order valence-electron chi connectivity index (χ4n) is 4.97. The first kappa shape index (κ1) is 26.5. The summed E-state index contributed by atoms with van der Waals surface area (Å²) >= 11 is 0. The van der Waals surface area contributed by atoms with Crippen LogP contribution in [0.2, 0.25) is 0 Å². The van der Waals surface area contributed by atoms with Crippen LogP contribution >= 0.6 is 0 Å². The van der Waals surface area contributed by atoms with Crippen LogP contribution in [0.3, 0.4) is 0 Å². The van der Waals surface area contributed by atoms with E-state index in [0.717, 1.165) is 5.39 Å². The fourth-order valence-corrected chi connectivity index (χ4v) is 4.97. The number of carbonyl (C=O) groups is 1. The number of hydrogen-bond acceptors (Lipinski definition) is 6. The maximum atomic E-state index is 14.2. The van der Waals surface area contributed by atoms with Crippen molar-refractivity contribution >= 4 is 22.3 Å². The van der Waals surface area contributed by atoms with E-state index in [4.69, 9.17) is 4.74 Å². The number of fused-ring (bicyclic) bond motifs is 2. The molecule has 0 unspecified atom stereocenters. The van der Waals surface area contributed by atoms with Gasteiger partial charge in [-0.1, -0.05) is 42.2 Å². The molecule has 6 rings (SSSR count). The van der Waals surface area contributed by atoms with Crippen molar-refractivity contribution in [2.45, 2.75) is 19.9 Å². The molecule has 0 aliphatic carbocycles. The predicted octanol–water partition coefficient (Wildman–Crippen LogP) is 4.64. The number of benzene rings is 2. The van der Waals surface area contributed by atoms with E-state index in [0.29, 0.717) is 50.7 Å². The molecule has 4 heterocycles. The Bertz CT molecular complexity index is 2070. The highest BCUT2D eigenvalue weighted by atomic mass is 16.5. The lowest BCUT2D eigenvalue weighted by atomic mass is 10.0. The van der Waals surface area contributed by atoms with Crippen LogP contribution < -0.4 is 15.6 Å². The van der Waals surface area contributed by atoms with Crippen molar-refractivity contribution < 1.29 is 9.53 Å². The molecular formula is C33H26N6O3. The van der Waals surface area contributed by atoms with Gasteiger partial charge >= 0.3 is 0 Å². The second-order valence-electron chi connectivity index (χ2n) is 9.70. The molecule has 0 aliphatic heterocycles. The van der Waals surface area contributed by atoms with Crippen molar-refractivity contribution in [3.8, 4) is 23.4 Å². The molecule has 1 amide bonds. The molecule has 0 bridgehead atoms. The summed E-state index contributed by atoms with van der Waals surface area (Å²) < 4.78 is 8.34. The highest BCUT2D eigenvalue weighted by molar-refractivity contribution is 6.01. The van der Waals surface area contributed by atoms with Crippen LogP contribution in [0, 0.1) is 18.8 Å². The molecule has 0 aliphatic rings. The fraction of sp³-hybridized carbons (Fsp3) is 0.121. The second kappa shape index (κ2) is 11.0. The molecule has 0 radical (unpaired) electrons. The van der Waals surface area contributed by atoms with Crippen molar-refractivity contribution in [2.24, 2.45) is 0 Å². The molecule has 1 atom stereocenters. The minimum Gasteiger partial charge on any atom is -0.481 e. The molecule has 0 spiro atoms. The van der Waals surface area contributed by atoms with Gasteiger partial charge in [0, 0.05) is 47.2 Å². The first-order valence-electron chi connectivity index (χ1n) is 13.3. The molecule has 0 saturated carbocycles. The monoisotopic (exact) mass is 554 g/mol. The number of aryl methyl sites for hydroxylation is 1. The summed E-state index contributed by atoms with van der Waals surface area (Å²) in [6.45, 7) is 3.63. The van der Waals surface area contributed by atoms with Gasteiger partial charge in [0.1, 0.15) is 5.56 Å². The molecule has 4 aromatic heterocycles. The van der Waals surface area contributed by atoms with E-state index < -0.39 is 6.04 Å². The summed E-state index contributed by atoms with van der Waals surface area (Å²) in [5.41, 5.74) is 3.77. The zero-order chi connectivity index (χ0) is 29.2. The summed E-state index contributed by atoms with van der Waals surface area (Å²) in [5.74, 6) is 6.43. The van der Waals surface area contributed by atoms with E-state index in [-0.39, 0.29) is 11.5 Å². The Morgan fingerprint density at radius 1 is 1.00 bits per heavy atom. The highest BCUT2D eigenvalue weighted by Crippen LogP contribution is 2.24. The van der Waals surface area contributed by atoms with E-state index in [9.17, 15) is 9.59 Å². The first-order valence-corrected chi connectivity index (χ1v) is 13.3. The van der Waals surface area contributed by atoms with Crippen LogP contribution in [-0.2, 0) is 0 Å². The number of aromatic nitrogens is 5. The number of carbonyl (C=O) groups excluding carboxylic acids is 1. The van der Waals surface area contributed by atoms with E-state index in [1.165, 1.54) is 0 Å². The highest BCUT2D eigenvalue weighted by Gasteiger charge is 2.23. The zero-order valence-corrected chi connectivity index (χ0v) is 23.2. The van der Waals surface area contributed by atoms with E-state index in [1.807, 2.05) is 67.6 Å². The average Bonchev–Trinajstić information content (AvgIpc) is 3.36. The van der Waals surface area contributed by atoms with Crippen LogP contribution in [0.4, 0.5) is 0 Å². The van der Waals surface area contributed by atoms with Crippen LogP contribution in [0.5, 0.6) is 5.88 Å². The molecule has 2 aromatic carbocycles. The third-order valence-electron chi connectivity index (χ3n) is 6.97. The molecule has 0 fully saturated rings. The Labute approximate surface area is 241 Å². The lowest BCUT2D eigenvalue weighted by molar-refractivity contribution is 0.0939. The molecule has 206 valence electrons. The van der Waals surface area contributed by atoms with Crippen LogP contribution in [-0.4, -0.2) is 37.2 Å².